The van der Waals surface area contributed by atoms with E-state index in [4.69, 9.17) is 18.9 Å². The van der Waals surface area contributed by atoms with Crippen molar-refractivity contribution in [3.63, 3.8) is 0 Å². The van der Waals surface area contributed by atoms with Gasteiger partial charge in [0.2, 0.25) is 5.91 Å². The second-order valence-electron chi connectivity index (χ2n) is 20.7. The molecule has 0 saturated carbocycles. The highest BCUT2D eigenvalue weighted by molar-refractivity contribution is 5.76. The van der Waals surface area contributed by atoms with Gasteiger partial charge in [0.05, 0.1) is 32.0 Å². The summed E-state index contributed by atoms with van der Waals surface area (Å²) in [6, 6.07) is -0.845. The lowest BCUT2D eigenvalue weighted by Crippen LogP contribution is -2.65. The fourth-order valence-corrected chi connectivity index (χ4v) is 9.33. The van der Waals surface area contributed by atoms with Gasteiger partial charge in [0.15, 0.2) is 12.6 Å². The van der Waals surface area contributed by atoms with Gasteiger partial charge in [0.25, 0.3) is 0 Å². The van der Waals surface area contributed by atoms with Crippen LogP contribution in [0.3, 0.4) is 0 Å². The topological polar surface area (TPSA) is 228 Å². The summed E-state index contributed by atoms with van der Waals surface area (Å²) in [5.41, 5.74) is 0. The molecule has 0 radical (unpaired) electrons. The van der Waals surface area contributed by atoms with E-state index in [-0.39, 0.29) is 18.9 Å². The minimum atomic E-state index is -1.79. The number of aliphatic hydroxyl groups excluding tert-OH is 8. The molecule has 14 nitrogen and oxygen atoms in total. The summed E-state index contributed by atoms with van der Waals surface area (Å²) in [5.74, 6) is -0.229. The van der Waals surface area contributed by atoms with Crippen LogP contribution in [0.15, 0.2) is 85.1 Å². The first-order chi connectivity index (χ1) is 37.1. The smallest absolute Gasteiger partial charge is 0.220 e. The van der Waals surface area contributed by atoms with Gasteiger partial charge in [-0.2, -0.15) is 0 Å². The predicted molar refractivity (Wildman–Crippen MR) is 304 cm³/mol. The number of ether oxygens (including phenoxy) is 4. The first kappa shape index (κ1) is 69.3. The lowest BCUT2D eigenvalue weighted by Gasteiger charge is -2.46. The summed E-state index contributed by atoms with van der Waals surface area (Å²) in [5, 5.41) is 87.2. The minimum absolute atomic E-state index is 0.229. The van der Waals surface area contributed by atoms with E-state index in [0.717, 1.165) is 103 Å². The maximum absolute atomic E-state index is 13.3. The SMILES string of the molecule is CC/C=C\C/C=C\C/C=C\C/C=C\C/C=C\C/C=C\C/C=C\CCCCCCCC(=O)NC(COC1OC(CO)C(OC2OC(CO)C(O)C(O)C2O)C(O)C1O)C(O)CCCCCCCCCCCCCCCCC. The van der Waals surface area contributed by atoms with Crippen molar-refractivity contribution in [2.45, 2.75) is 280 Å². The van der Waals surface area contributed by atoms with Gasteiger partial charge >= 0.3 is 0 Å². The van der Waals surface area contributed by atoms with E-state index in [1.807, 2.05) is 0 Å². The molecule has 2 rings (SSSR count). The highest BCUT2D eigenvalue weighted by atomic mass is 16.7. The van der Waals surface area contributed by atoms with Gasteiger partial charge in [-0.05, 0) is 70.6 Å². The van der Waals surface area contributed by atoms with Crippen molar-refractivity contribution in [1.29, 1.82) is 0 Å². The van der Waals surface area contributed by atoms with Crippen LogP contribution in [0.2, 0.25) is 0 Å². The summed E-state index contributed by atoms with van der Waals surface area (Å²) >= 11 is 0. The fraction of sp³-hybridized carbons (Fsp3) is 0.758. The molecule has 12 unspecified atom stereocenters. The Balaban J connectivity index is 1.75. The zero-order chi connectivity index (χ0) is 55.3. The van der Waals surface area contributed by atoms with Crippen LogP contribution in [-0.2, 0) is 23.7 Å². The molecule has 2 aliphatic rings. The molecule has 1 amide bonds. The predicted octanol–water partition coefficient (Wildman–Crippen LogP) is 10.1. The van der Waals surface area contributed by atoms with Gasteiger partial charge in [-0.25, -0.2) is 0 Å². The number of unbranched alkanes of at least 4 members (excludes halogenated alkanes) is 19. The van der Waals surface area contributed by atoms with E-state index in [9.17, 15) is 45.6 Å². The van der Waals surface area contributed by atoms with Gasteiger partial charge in [-0.15, -0.1) is 0 Å². The number of hydrogen-bond donors (Lipinski definition) is 9. The molecular weight excluding hydrogens is 967 g/mol. The molecule has 12 atom stereocenters. The Hall–Kier alpha value is -2.83. The van der Waals surface area contributed by atoms with E-state index in [2.05, 4.69) is 104 Å². The third-order valence-corrected chi connectivity index (χ3v) is 14.1. The lowest BCUT2D eigenvalue weighted by molar-refractivity contribution is -0.359. The quantitative estimate of drug-likeness (QED) is 0.0205. The molecule has 0 aliphatic carbocycles. The molecule has 9 N–H and O–H groups in total. The summed E-state index contributed by atoms with van der Waals surface area (Å²) in [7, 11) is 0. The molecule has 0 spiro atoms. The van der Waals surface area contributed by atoms with Crippen LogP contribution in [0.4, 0.5) is 0 Å². The van der Waals surface area contributed by atoms with Gasteiger partial charge in [-0.3, -0.25) is 4.79 Å². The van der Waals surface area contributed by atoms with Gasteiger partial charge in [0, 0.05) is 6.42 Å². The van der Waals surface area contributed by atoms with Crippen molar-refractivity contribution in [1.82, 2.24) is 5.32 Å². The van der Waals surface area contributed by atoms with Crippen molar-refractivity contribution < 1.29 is 64.6 Å². The maximum Gasteiger partial charge on any atom is 0.220 e. The van der Waals surface area contributed by atoms with E-state index in [1.165, 1.54) is 70.6 Å². The standard InChI is InChI=1S/C62H107NO13/c1-3-5-7-9-11-13-15-17-19-20-21-22-23-24-25-26-27-28-29-30-32-34-36-38-40-42-44-46-54(67)63-50(51(66)45-43-41-39-37-35-33-31-18-16-14-12-10-8-6-4-2)49-73-61-59(72)57(70)60(53(48-65)75-61)76-62-58(71)56(69)55(68)52(47-64)74-62/h5,7,11,13,17,19,21-22,24-25,27-28,30,32,50-53,55-62,64-66,68-72H,3-4,6,8-10,12,14-16,18,20,23,26,29,31,33-49H2,1-2H3,(H,63,67)/b7-5-,13-11-,19-17-,22-21-,25-24-,28-27-,32-30-. The highest BCUT2D eigenvalue weighted by Crippen LogP contribution is 2.30. The summed E-state index contributed by atoms with van der Waals surface area (Å²) in [6.45, 7) is 2.72. The average Bonchev–Trinajstić information content (AvgIpc) is 3.42. The number of amides is 1. The largest absolute Gasteiger partial charge is 0.394 e. The molecule has 14 heteroatoms. The zero-order valence-electron chi connectivity index (χ0n) is 47.0. The maximum atomic E-state index is 13.3. The molecule has 0 aromatic heterocycles. The Morgan fingerprint density at radius 2 is 0.908 bits per heavy atom. The molecule has 0 aromatic carbocycles. The number of hydrogen-bond acceptors (Lipinski definition) is 13. The molecule has 438 valence electrons. The molecule has 76 heavy (non-hydrogen) atoms. The van der Waals surface area contributed by atoms with E-state index >= 15 is 0 Å². The molecule has 2 saturated heterocycles. The number of rotatable bonds is 46. The van der Waals surface area contributed by atoms with Crippen LogP contribution in [0.1, 0.15) is 206 Å². The third kappa shape index (κ3) is 32.3. The van der Waals surface area contributed by atoms with Crippen LogP contribution >= 0.6 is 0 Å². The first-order valence-corrected chi connectivity index (χ1v) is 29.8. The zero-order valence-corrected chi connectivity index (χ0v) is 47.0. The molecular formula is C62H107NO13. The van der Waals surface area contributed by atoms with Crippen molar-refractivity contribution in [3.8, 4) is 0 Å². The van der Waals surface area contributed by atoms with E-state index in [0.29, 0.717) is 12.8 Å². The van der Waals surface area contributed by atoms with Crippen LogP contribution in [0.25, 0.3) is 0 Å². The third-order valence-electron chi connectivity index (χ3n) is 14.1. The van der Waals surface area contributed by atoms with Crippen molar-refractivity contribution in [2.24, 2.45) is 0 Å². The Morgan fingerprint density at radius 1 is 0.487 bits per heavy atom. The molecule has 2 aliphatic heterocycles. The van der Waals surface area contributed by atoms with Crippen LogP contribution in [-0.4, -0.2) is 140 Å². The van der Waals surface area contributed by atoms with E-state index < -0.39 is 86.8 Å². The summed E-state index contributed by atoms with van der Waals surface area (Å²) in [4.78, 5) is 13.3. The lowest BCUT2D eigenvalue weighted by atomic mass is 9.97. The van der Waals surface area contributed by atoms with Gasteiger partial charge in [0.1, 0.15) is 48.8 Å². The van der Waals surface area contributed by atoms with E-state index in [1.54, 1.807) is 0 Å². The van der Waals surface area contributed by atoms with Crippen molar-refractivity contribution >= 4 is 5.91 Å². The average molecular weight is 1070 g/mol. The Morgan fingerprint density at radius 3 is 1.39 bits per heavy atom. The summed E-state index contributed by atoms with van der Waals surface area (Å²) in [6.07, 6.45) is 45.7. The second-order valence-corrected chi connectivity index (χ2v) is 20.7. The van der Waals surface area contributed by atoms with Crippen LogP contribution < -0.4 is 5.32 Å². The van der Waals surface area contributed by atoms with Gasteiger partial charge in [-0.1, -0.05) is 214 Å². The number of nitrogens with one attached hydrogen (secondary N) is 1. The molecule has 0 aromatic rings. The van der Waals surface area contributed by atoms with Gasteiger partial charge < -0.3 is 65.1 Å². The number of aliphatic hydroxyl groups is 8. The Kier molecular flexibility index (Phi) is 42.9. The normalized spacial score (nSPS) is 25.5. The summed E-state index contributed by atoms with van der Waals surface area (Å²) < 4.78 is 22.8. The molecule has 0 bridgehead atoms. The highest BCUT2D eigenvalue weighted by Gasteiger charge is 2.51. The van der Waals surface area contributed by atoms with Crippen LogP contribution in [0, 0.1) is 0 Å². The minimum Gasteiger partial charge on any atom is -0.394 e. The Labute approximate surface area is 459 Å². The first-order valence-electron chi connectivity index (χ1n) is 29.8. The molecule has 2 heterocycles. The van der Waals surface area contributed by atoms with Crippen LogP contribution in [0.5, 0.6) is 0 Å². The van der Waals surface area contributed by atoms with Crippen molar-refractivity contribution in [3.05, 3.63) is 85.1 Å². The fourth-order valence-electron chi connectivity index (χ4n) is 9.33. The number of allylic oxidation sites excluding steroid dienone is 14. The molecule has 2 fully saturated rings. The Bertz CT molecular complexity index is 1600. The second kappa shape index (κ2) is 47.0. The van der Waals surface area contributed by atoms with Crippen molar-refractivity contribution in [2.75, 3.05) is 19.8 Å². The monoisotopic (exact) mass is 1070 g/mol. The number of carbonyl (C=O) groups excluding carboxylic acids is 1. The number of carbonyl (C=O) groups is 1.